The van der Waals surface area contributed by atoms with Crippen LogP contribution in [0, 0.1) is 0 Å². The van der Waals surface area contributed by atoms with Crippen LogP contribution in [-0.4, -0.2) is 38.2 Å². The summed E-state index contributed by atoms with van der Waals surface area (Å²) >= 11 is -2.36. The number of nitrogens with zero attached hydrogens (tertiary/aromatic N) is 1. The van der Waals surface area contributed by atoms with Crippen molar-refractivity contribution < 1.29 is 18.3 Å². The smallest absolute Gasteiger partial charge is 0.327 e. The third-order valence-electron chi connectivity index (χ3n) is 2.21. The number of esters is 1. The molecule has 0 aliphatic heterocycles. The Hall–Kier alpha value is -0.460. The van der Waals surface area contributed by atoms with Crippen molar-refractivity contribution in [3.63, 3.8) is 0 Å². The molecule has 1 rings (SSSR count). The van der Waals surface area contributed by atoms with Gasteiger partial charge in [0.15, 0.2) is 0 Å². The zero-order chi connectivity index (χ0) is 10.1. The molecule has 1 saturated carbocycles. The van der Waals surface area contributed by atoms with E-state index in [0.29, 0.717) is 12.8 Å². The predicted octanol–water partition coefficient (Wildman–Crippen LogP) is -0.192. The van der Waals surface area contributed by atoms with Gasteiger partial charge in [0, 0.05) is 18.3 Å². The van der Waals surface area contributed by atoms with E-state index in [1.165, 1.54) is 7.05 Å². The molecule has 0 heterocycles. The first-order chi connectivity index (χ1) is 6.04. The SMILES string of the molecule is CCOC(=O)C1(N(C)S(=O)[O-])CC1. The van der Waals surface area contributed by atoms with Crippen LogP contribution < -0.4 is 0 Å². The van der Waals surface area contributed by atoms with Crippen LogP contribution in [0.4, 0.5) is 0 Å². The fourth-order valence-electron chi connectivity index (χ4n) is 1.17. The van der Waals surface area contributed by atoms with Gasteiger partial charge in [0.1, 0.15) is 5.54 Å². The van der Waals surface area contributed by atoms with Crippen molar-refractivity contribution in [2.75, 3.05) is 13.7 Å². The summed E-state index contributed by atoms with van der Waals surface area (Å²) in [6.07, 6.45) is 1.10. The molecule has 1 unspecified atom stereocenters. The van der Waals surface area contributed by atoms with Gasteiger partial charge in [-0.2, -0.15) is 0 Å². The summed E-state index contributed by atoms with van der Waals surface area (Å²) < 4.78 is 27.0. The molecule has 0 spiro atoms. The van der Waals surface area contributed by atoms with Crippen molar-refractivity contribution >= 4 is 17.2 Å². The summed E-state index contributed by atoms with van der Waals surface area (Å²) in [5.74, 6) is -0.443. The van der Waals surface area contributed by atoms with E-state index in [-0.39, 0.29) is 6.61 Å². The summed E-state index contributed by atoms with van der Waals surface area (Å²) in [6.45, 7) is 1.97. The largest absolute Gasteiger partial charge is 0.760 e. The number of hydrogen-bond donors (Lipinski definition) is 0. The fourth-order valence-corrected chi connectivity index (χ4v) is 1.72. The van der Waals surface area contributed by atoms with Crippen molar-refractivity contribution in [2.45, 2.75) is 25.3 Å². The average molecular weight is 206 g/mol. The second-order valence-electron chi connectivity index (χ2n) is 2.97. The van der Waals surface area contributed by atoms with Crippen LogP contribution >= 0.6 is 0 Å². The van der Waals surface area contributed by atoms with Gasteiger partial charge >= 0.3 is 5.97 Å². The molecule has 0 aromatic rings. The number of likely N-dealkylation sites (N-methyl/N-ethyl adjacent to an activating group) is 1. The summed E-state index contributed by atoms with van der Waals surface area (Å²) in [7, 11) is 1.38. The molecule has 1 aliphatic rings. The van der Waals surface area contributed by atoms with Crippen LogP contribution in [0.25, 0.3) is 0 Å². The van der Waals surface area contributed by atoms with Crippen molar-refractivity contribution in [3.05, 3.63) is 0 Å². The topological polar surface area (TPSA) is 69.7 Å². The van der Waals surface area contributed by atoms with E-state index in [1.807, 2.05) is 0 Å². The molecule has 6 heteroatoms. The molecule has 5 nitrogen and oxygen atoms in total. The molecule has 1 fully saturated rings. The second-order valence-corrected chi connectivity index (χ2v) is 3.95. The van der Waals surface area contributed by atoms with Crippen molar-refractivity contribution in [2.24, 2.45) is 0 Å². The quantitative estimate of drug-likeness (QED) is 0.472. The zero-order valence-electron chi connectivity index (χ0n) is 7.61. The Morgan fingerprint density at radius 1 is 1.69 bits per heavy atom. The minimum absolute atomic E-state index is 0.278. The molecular weight excluding hydrogens is 194 g/mol. The molecule has 0 amide bonds. The first-order valence-electron chi connectivity index (χ1n) is 4.05. The van der Waals surface area contributed by atoms with E-state index in [2.05, 4.69) is 0 Å². The Balaban J connectivity index is 2.66. The first-order valence-corrected chi connectivity index (χ1v) is 5.08. The maximum Gasteiger partial charge on any atom is 0.327 e. The Kier molecular flexibility index (Phi) is 3.05. The highest BCUT2D eigenvalue weighted by molar-refractivity contribution is 7.76. The lowest BCUT2D eigenvalue weighted by molar-refractivity contribution is -0.149. The third-order valence-corrected chi connectivity index (χ3v) is 3.00. The standard InChI is InChI=1S/C7H13NO4S/c1-3-12-6(9)7(4-5-7)8(2)13(10)11/h3-5H2,1-2H3,(H,10,11)/p-1. The van der Waals surface area contributed by atoms with Crippen molar-refractivity contribution in [3.8, 4) is 0 Å². The van der Waals surface area contributed by atoms with Crippen LogP contribution in [0.1, 0.15) is 19.8 Å². The lowest BCUT2D eigenvalue weighted by atomic mass is 10.3. The Labute approximate surface area is 79.5 Å². The van der Waals surface area contributed by atoms with Gasteiger partial charge in [-0.15, -0.1) is 0 Å². The van der Waals surface area contributed by atoms with Crippen molar-refractivity contribution in [1.29, 1.82) is 0 Å². The molecular formula is C7H12NO4S-. The van der Waals surface area contributed by atoms with Crippen LogP contribution in [0.3, 0.4) is 0 Å². The highest BCUT2D eigenvalue weighted by atomic mass is 32.2. The van der Waals surface area contributed by atoms with Crippen molar-refractivity contribution in [1.82, 2.24) is 4.31 Å². The third kappa shape index (κ3) is 1.90. The number of carbonyl (C=O) groups is 1. The predicted molar refractivity (Wildman–Crippen MR) is 45.3 cm³/mol. The lowest BCUT2D eigenvalue weighted by Crippen LogP contribution is -2.42. The van der Waals surface area contributed by atoms with Gasteiger partial charge in [-0.05, 0) is 19.8 Å². The number of hydrogen-bond acceptors (Lipinski definition) is 4. The molecule has 0 radical (unpaired) electrons. The minimum atomic E-state index is -2.36. The first kappa shape index (κ1) is 10.6. The second kappa shape index (κ2) is 3.73. The Morgan fingerprint density at radius 2 is 2.23 bits per heavy atom. The van der Waals surface area contributed by atoms with Gasteiger partial charge in [-0.25, -0.2) is 4.31 Å². The van der Waals surface area contributed by atoms with E-state index < -0.39 is 22.8 Å². The van der Waals surface area contributed by atoms with E-state index in [0.717, 1.165) is 4.31 Å². The van der Waals surface area contributed by atoms with Gasteiger partial charge in [-0.3, -0.25) is 9.00 Å². The molecule has 1 atom stereocenters. The van der Waals surface area contributed by atoms with Crippen LogP contribution in [-0.2, 0) is 20.8 Å². The molecule has 0 bridgehead atoms. The monoisotopic (exact) mass is 206 g/mol. The van der Waals surface area contributed by atoms with E-state index in [9.17, 15) is 13.6 Å². The van der Waals surface area contributed by atoms with E-state index in [1.54, 1.807) is 6.92 Å². The van der Waals surface area contributed by atoms with E-state index in [4.69, 9.17) is 4.74 Å². The number of rotatable bonds is 4. The fraction of sp³-hybridized carbons (Fsp3) is 0.857. The maximum atomic E-state index is 11.3. The Bertz CT molecular complexity index is 239. The number of ether oxygens (including phenoxy) is 1. The van der Waals surface area contributed by atoms with Gasteiger partial charge < -0.3 is 9.29 Å². The minimum Gasteiger partial charge on any atom is -0.760 e. The summed E-state index contributed by atoms with van der Waals surface area (Å²) in [4.78, 5) is 11.3. The van der Waals surface area contributed by atoms with Gasteiger partial charge in [0.2, 0.25) is 0 Å². The normalized spacial score (nSPS) is 21.2. The molecule has 0 aromatic heterocycles. The molecule has 76 valence electrons. The lowest BCUT2D eigenvalue weighted by Gasteiger charge is -2.27. The highest BCUT2D eigenvalue weighted by Gasteiger charge is 2.55. The molecule has 0 N–H and O–H groups in total. The molecule has 0 saturated heterocycles. The van der Waals surface area contributed by atoms with Crippen LogP contribution in [0.15, 0.2) is 0 Å². The molecule has 13 heavy (non-hydrogen) atoms. The Morgan fingerprint density at radius 3 is 2.54 bits per heavy atom. The highest BCUT2D eigenvalue weighted by Crippen LogP contribution is 2.42. The van der Waals surface area contributed by atoms with Gasteiger partial charge in [0.05, 0.1) is 6.61 Å². The average Bonchev–Trinajstić information content (AvgIpc) is 2.83. The summed E-state index contributed by atoms with van der Waals surface area (Å²) in [6, 6.07) is 0. The maximum absolute atomic E-state index is 11.3. The van der Waals surface area contributed by atoms with Crippen LogP contribution in [0.2, 0.25) is 0 Å². The summed E-state index contributed by atoms with van der Waals surface area (Å²) in [5.41, 5.74) is -0.900. The van der Waals surface area contributed by atoms with Gasteiger partial charge in [-0.1, -0.05) is 0 Å². The molecule has 1 aliphatic carbocycles. The van der Waals surface area contributed by atoms with Crippen LogP contribution in [0.5, 0.6) is 0 Å². The summed E-state index contributed by atoms with van der Waals surface area (Å²) in [5, 5.41) is 0. The van der Waals surface area contributed by atoms with Gasteiger partial charge in [0.25, 0.3) is 0 Å². The zero-order valence-corrected chi connectivity index (χ0v) is 8.43. The van der Waals surface area contributed by atoms with E-state index >= 15 is 0 Å². The molecule has 0 aromatic carbocycles. The number of carbonyl (C=O) groups excluding carboxylic acids is 1.